The summed E-state index contributed by atoms with van der Waals surface area (Å²) in [6, 6.07) is 5.13. The van der Waals surface area contributed by atoms with Gasteiger partial charge in [0.25, 0.3) is 5.91 Å². The first-order valence-electron chi connectivity index (χ1n) is 6.26. The number of hydrogen-bond acceptors (Lipinski definition) is 4. The number of aromatic nitrogens is 1. The topological polar surface area (TPSA) is 71.1 Å². The lowest BCUT2D eigenvalue weighted by Crippen LogP contribution is -2.26. The number of anilines is 1. The molecule has 1 aromatic carbocycles. The van der Waals surface area contributed by atoms with E-state index >= 15 is 0 Å². The minimum Gasteiger partial charge on any atom is -0.343 e. The highest BCUT2D eigenvalue weighted by Gasteiger charge is 2.20. The maximum absolute atomic E-state index is 12.2. The van der Waals surface area contributed by atoms with Crippen LogP contribution in [0, 0.1) is 0 Å². The largest absolute Gasteiger partial charge is 0.343 e. The Morgan fingerprint density at radius 2 is 2.35 bits per heavy atom. The highest BCUT2D eigenvalue weighted by Crippen LogP contribution is 2.24. The molecule has 3 rings (SSSR count). The molecule has 2 heterocycles. The molecule has 102 valence electrons. The summed E-state index contributed by atoms with van der Waals surface area (Å²) in [6.07, 6.45) is 2.10. The van der Waals surface area contributed by atoms with Crippen LogP contribution >= 0.6 is 11.3 Å². The van der Waals surface area contributed by atoms with Gasteiger partial charge in [0.2, 0.25) is 5.91 Å². The van der Waals surface area contributed by atoms with Crippen molar-refractivity contribution in [3.05, 3.63) is 45.9 Å². The van der Waals surface area contributed by atoms with Gasteiger partial charge in [0.1, 0.15) is 5.01 Å². The Balaban J connectivity index is 1.75. The number of nitrogens with zero attached hydrogens (tertiary/aromatic N) is 1. The summed E-state index contributed by atoms with van der Waals surface area (Å²) in [6.45, 7) is 1.89. The van der Waals surface area contributed by atoms with Crippen molar-refractivity contribution < 1.29 is 9.59 Å². The zero-order chi connectivity index (χ0) is 14.1. The molecule has 2 N–H and O–H groups in total. The van der Waals surface area contributed by atoms with Crippen LogP contribution < -0.4 is 10.6 Å². The Morgan fingerprint density at radius 1 is 1.50 bits per heavy atom. The standard InChI is InChI=1S/C14H13N3O2S/c1-8(14-15-4-5-20-14)16-13(19)10-3-2-9-7-12(18)17-11(9)6-10/h2-6,8H,7H2,1H3,(H,16,19)(H,17,18). The second kappa shape index (κ2) is 5.05. The van der Waals surface area contributed by atoms with E-state index in [4.69, 9.17) is 0 Å². The fraction of sp³-hybridized carbons (Fsp3) is 0.214. The third kappa shape index (κ3) is 2.42. The molecule has 0 saturated heterocycles. The highest BCUT2D eigenvalue weighted by molar-refractivity contribution is 7.09. The van der Waals surface area contributed by atoms with Crippen molar-refractivity contribution >= 4 is 28.8 Å². The maximum atomic E-state index is 12.2. The average molecular weight is 287 g/mol. The van der Waals surface area contributed by atoms with Crippen LogP contribution in [-0.4, -0.2) is 16.8 Å². The Morgan fingerprint density at radius 3 is 3.10 bits per heavy atom. The quantitative estimate of drug-likeness (QED) is 0.908. The van der Waals surface area contributed by atoms with Crippen molar-refractivity contribution in [2.75, 3.05) is 5.32 Å². The van der Waals surface area contributed by atoms with Crippen LogP contribution in [0.3, 0.4) is 0 Å². The van der Waals surface area contributed by atoms with Crippen molar-refractivity contribution in [3.8, 4) is 0 Å². The van der Waals surface area contributed by atoms with E-state index in [-0.39, 0.29) is 17.9 Å². The van der Waals surface area contributed by atoms with Crippen LogP contribution in [0.5, 0.6) is 0 Å². The van der Waals surface area contributed by atoms with E-state index in [2.05, 4.69) is 15.6 Å². The van der Waals surface area contributed by atoms with Crippen LogP contribution in [0.2, 0.25) is 0 Å². The summed E-state index contributed by atoms with van der Waals surface area (Å²) in [5, 5.41) is 8.39. The van der Waals surface area contributed by atoms with Gasteiger partial charge in [0.15, 0.2) is 0 Å². The van der Waals surface area contributed by atoms with Crippen molar-refractivity contribution in [2.45, 2.75) is 19.4 Å². The van der Waals surface area contributed by atoms with E-state index in [1.165, 1.54) is 11.3 Å². The van der Waals surface area contributed by atoms with E-state index in [1.54, 1.807) is 18.3 Å². The lowest BCUT2D eigenvalue weighted by Gasteiger charge is -2.11. The molecule has 0 spiro atoms. The van der Waals surface area contributed by atoms with Crippen molar-refractivity contribution in [1.82, 2.24) is 10.3 Å². The Bertz CT molecular complexity index is 667. The molecule has 5 nitrogen and oxygen atoms in total. The van der Waals surface area contributed by atoms with Gasteiger partial charge in [-0.1, -0.05) is 6.07 Å². The van der Waals surface area contributed by atoms with Crippen molar-refractivity contribution in [1.29, 1.82) is 0 Å². The highest BCUT2D eigenvalue weighted by atomic mass is 32.1. The Hall–Kier alpha value is -2.21. The molecular weight excluding hydrogens is 274 g/mol. The molecule has 6 heteroatoms. The summed E-state index contributed by atoms with van der Waals surface area (Å²) in [4.78, 5) is 27.7. The number of fused-ring (bicyclic) bond motifs is 1. The fourth-order valence-electron chi connectivity index (χ4n) is 2.15. The van der Waals surface area contributed by atoms with Crippen LogP contribution in [0.15, 0.2) is 29.8 Å². The van der Waals surface area contributed by atoms with Gasteiger partial charge >= 0.3 is 0 Å². The summed E-state index contributed by atoms with van der Waals surface area (Å²) < 4.78 is 0. The molecule has 0 saturated carbocycles. The van der Waals surface area contributed by atoms with Gasteiger partial charge in [-0.15, -0.1) is 11.3 Å². The molecule has 1 atom stereocenters. The van der Waals surface area contributed by atoms with Crippen molar-refractivity contribution in [2.24, 2.45) is 0 Å². The number of carbonyl (C=O) groups excluding carboxylic acids is 2. The molecule has 1 aliphatic heterocycles. The normalized spacial score (nSPS) is 14.6. The predicted molar refractivity (Wildman–Crippen MR) is 76.8 cm³/mol. The van der Waals surface area contributed by atoms with Gasteiger partial charge in [-0.25, -0.2) is 4.98 Å². The molecule has 2 aromatic rings. The molecule has 0 bridgehead atoms. The maximum Gasteiger partial charge on any atom is 0.251 e. The zero-order valence-corrected chi connectivity index (χ0v) is 11.7. The number of rotatable bonds is 3. The fourth-order valence-corrected chi connectivity index (χ4v) is 2.79. The van der Waals surface area contributed by atoms with E-state index < -0.39 is 0 Å². The minimum atomic E-state index is -0.170. The predicted octanol–water partition coefficient (Wildman–Crippen LogP) is 2.13. The number of hydrogen-bond donors (Lipinski definition) is 2. The van der Waals surface area contributed by atoms with Gasteiger partial charge in [-0.2, -0.15) is 0 Å². The second-order valence-corrected chi connectivity index (χ2v) is 5.59. The van der Waals surface area contributed by atoms with Crippen LogP contribution in [0.25, 0.3) is 0 Å². The first kappa shape index (κ1) is 12.8. The third-order valence-electron chi connectivity index (χ3n) is 3.17. The number of benzene rings is 1. The van der Waals surface area contributed by atoms with Crippen molar-refractivity contribution in [3.63, 3.8) is 0 Å². The Kier molecular flexibility index (Phi) is 3.23. The molecular formula is C14H13N3O2S. The summed E-state index contributed by atoms with van der Waals surface area (Å²) in [7, 11) is 0. The first-order valence-corrected chi connectivity index (χ1v) is 7.14. The second-order valence-electron chi connectivity index (χ2n) is 4.66. The van der Waals surface area contributed by atoms with Gasteiger partial charge in [-0.05, 0) is 24.6 Å². The van der Waals surface area contributed by atoms with E-state index in [0.717, 1.165) is 16.3 Å². The van der Waals surface area contributed by atoms with Crippen LogP contribution in [0.4, 0.5) is 5.69 Å². The van der Waals surface area contributed by atoms with Gasteiger partial charge < -0.3 is 10.6 Å². The minimum absolute atomic E-state index is 0.0336. The van der Waals surface area contributed by atoms with Gasteiger partial charge in [0.05, 0.1) is 12.5 Å². The monoisotopic (exact) mass is 287 g/mol. The molecule has 0 fully saturated rings. The molecule has 1 unspecified atom stereocenters. The molecule has 20 heavy (non-hydrogen) atoms. The van der Waals surface area contributed by atoms with E-state index in [9.17, 15) is 9.59 Å². The molecule has 1 aliphatic rings. The number of amides is 2. The third-order valence-corrected chi connectivity index (χ3v) is 4.12. The molecule has 2 amide bonds. The van der Waals surface area contributed by atoms with Crippen LogP contribution in [-0.2, 0) is 11.2 Å². The van der Waals surface area contributed by atoms with Crippen LogP contribution in [0.1, 0.15) is 33.9 Å². The molecule has 1 aromatic heterocycles. The summed E-state index contributed by atoms with van der Waals surface area (Å²) in [5.41, 5.74) is 2.19. The smallest absolute Gasteiger partial charge is 0.251 e. The lowest BCUT2D eigenvalue weighted by atomic mass is 10.1. The lowest BCUT2D eigenvalue weighted by molar-refractivity contribution is -0.115. The molecule has 0 radical (unpaired) electrons. The SMILES string of the molecule is CC(NC(=O)c1ccc2c(c1)NC(=O)C2)c1nccs1. The summed E-state index contributed by atoms with van der Waals surface area (Å²) >= 11 is 1.51. The number of carbonyl (C=O) groups is 2. The summed E-state index contributed by atoms with van der Waals surface area (Å²) in [5.74, 6) is -0.203. The average Bonchev–Trinajstić information content (AvgIpc) is 3.05. The van der Waals surface area contributed by atoms with E-state index in [0.29, 0.717) is 12.0 Å². The number of thiazole rings is 1. The van der Waals surface area contributed by atoms with Gasteiger partial charge in [0, 0.05) is 22.8 Å². The van der Waals surface area contributed by atoms with E-state index in [1.807, 2.05) is 18.4 Å². The number of nitrogens with one attached hydrogen (secondary N) is 2. The first-order chi connectivity index (χ1) is 9.63. The Labute approximate surface area is 120 Å². The molecule has 0 aliphatic carbocycles. The van der Waals surface area contributed by atoms with Gasteiger partial charge in [-0.3, -0.25) is 9.59 Å². The zero-order valence-electron chi connectivity index (χ0n) is 10.8.